The van der Waals surface area contributed by atoms with E-state index in [1.165, 1.54) is 0 Å². The fraction of sp³-hybridized carbons (Fsp3) is 0.429. The molecule has 2 N–H and O–H groups in total. The van der Waals surface area contributed by atoms with Crippen LogP contribution in [0.1, 0.15) is 30.9 Å². The third kappa shape index (κ3) is 2.10. The van der Waals surface area contributed by atoms with Crippen LogP contribution in [0.4, 0.5) is 5.69 Å². The lowest BCUT2D eigenvalue weighted by atomic mass is 9.98. The molecule has 1 aromatic carbocycles. The quantitative estimate of drug-likeness (QED) is 0.782. The van der Waals surface area contributed by atoms with E-state index in [2.05, 4.69) is 5.32 Å². The van der Waals surface area contributed by atoms with Gasteiger partial charge in [0.15, 0.2) is 0 Å². The Morgan fingerprint density at radius 1 is 1.32 bits per heavy atom. The van der Waals surface area contributed by atoms with Gasteiger partial charge < -0.3 is 15.3 Å². The van der Waals surface area contributed by atoms with Gasteiger partial charge in [-0.2, -0.15) is 0 Å². The molecular weight excluding hydrogens is 244 g/mol. The molecule has 0 saturated carbocycles. The van der Waals surface area contributed by atoms with Gasteiger partial charge in [0.05, 0.1) is 6.10 Å². The first-order valence-corrected chi connectivity index (χ1v) is 6.54. The van der Waals surface area contributed by atoms with Gasteiger partial charge in [-0.15, -0.1) is 0 Å². The fourth-order valence-electron chi connectivity index (χ4n) is 2.76. The van der Waals surface area contributed by atoms with E-state index in [0.717, 1.165) is 11.3 Å². The molecule has 3 rings (SSSR count). The molecule has 0 aromatic heterocycles. The number of aliphatic hydroxyl groups excluding tert-OH is 1. The lowest BCUT2D eigenvalue weighted by Crippen LogP contribution is -2.47. The standard InChI is InChI=1S/C14H16N2O3/c17-12-7-8-16(11-4-2-1-3-9(11)12)14(19)10-5-6-13(18)15-10/h1-4,10,12,17H,5-8H2,(H,15,18). The van der Waals surface area contributed by atoms with E-state index in [1.54, 1.807) is 4.90 Å². The van der Waals surface area contributed by atoms with Gasteiger partial charge in [0, 0.05) is 24.2 Å². The van der Waals surface area contributed by atoms with E-state index < -0.39 is 12.1 Å². The topological polar surface area (TPSA) is 69.6 Å². The molecule has 0 aliphatic carbocycles. The zero-order valence-electron chi connectivity index (χ0n) is 10.5. The Bertz CT molecular complexity index is 529. The van der Waals surface area contributed by atoms with E-state index in [9.17, 15) is 14.7 Å². The first kappa shape index (κ1) is 12.2. The molecule has 2 aliphatic heterocycles. The van der Waals surface area contributed by atoms with Crippen molar-refractivity contribution in [3.63, 3.8) is 0 Å². The van der Waals surface area contributed by atoms with E-state index in [4.69, 9.17) is 0 Å². The Labute approximate surface area is 111 Å². The first-order valence-electron chi connectivity index (χ1n) is 6.54. The summed E-state index contributed by atoms with van der Waals surface area (Å²) < 4.78 is 0. The molecule has 2 atom stereocenters. The largest absolute Gasteiger partial charge is 0.388 e. The van der Waals surface area contributed by atoms with Crippen molar-refractivity contribution >= 4 is 17.5 Å². The fourth-order valence-corrected chi connectivity index (χ4v) is 2.76. The van der Waals surface area contributed by atoms with E-state index in [-0.39, 0.29) is 11.8 Å². The van der Waals surface area contributed by atoms with Crippen molar-refractivity contribution in [2.24, 2.45) is 0 Å². The molecule has 5 nitrogen and oxygen atoms in total. The van der Waals surface area contributed by atoms with Crippen molar-refractivity contribution in [1.82, 2.24) is 5.32 Å². The minimum absolute atomic E-state index is 0.0660. The molecule has 2 unspecified atom stereocenters. The van der Waals surface area contributed by atoms with Gasteiger partial charge in [-0.05, 0) is 18.9 Å². The Kier molecular flexibility index (Phi) is 2.98. The molecular formula is C14H16N2O3. The highest BCUT2D eigenvalue weighted by atomic mass is 16.3. The van der Waals surface area contributed by atoms with Crippen LogP contribution in [-0.2, 0) is 9.59 Å². The van der Waals surface area contributed by atoms with Gasteiger partial charge in [-0.25, -0.2) is 0 Å². The highest BCUT2D eigenvalue weighted by Gasteiger charge is 2.34. The molecule has 0 radical (unpaired) electrons. The van der Waals surface area contributed by atoms with Gasteiger partial charge in [0.1, 0.15) is 6.04 Å². The molecule has 2 amide bonds. The van der Waals surface area contributed by atoms with Gasteiger partial charge in [0.2, 0.25) is 11.8 Å². The van der Waals surface area contributed by atoms with Crippen LogP contribution in [0.3, 0.4) is 0 Å². The van der Waals surface area contributed by atoms with E-state index in [1.807, 2.05) is 24.3 Å². The molecule has 2 heterocycles. The number of nitrogens with one attached hydrogen (secondary N) is 1. The molecule has 0 spiro atoms. The number of nitrogens with zero attached hydrogens (tertiary/aromatic N) is 1. The molecule has 1 fully saturated rings. The summed E-state index contributed by atoms with van der Waals surface area (Å²) in [6.45, 7) is 0.489. The summed E-state index contributed by atoms with van der Waals surface area (Å²) in [6.07, 6.45) is 0.981. The summed E-state index contributed by atoms with van der Waals surface area (Å²) in [4.78, 5) is 25.3. The van der Waals surface area contributed by atoms with Crippen LogP contribution in [-0.4, -0.2) is 29.5 Å². The monoisotopic (exact) mass is 260 g/mol. The van der Waals surface area contributed by atoms with Gasteiger partial charge >= 0.3 is 0 Å². The molecule has 2 aliphatic rings. The number of carbonyl (C=O) groups excluding carboxylic acids is 2. The number of benzene rings is 1. The summed E-state index contributed by atoms with van der Waals surface area (Å²) >= 11 is 0. The number of hydrogen-bond acceptors (Lipinski definition) is 3. The number of anilines is 1. The van der Waals surface area contributed by atoms with Crippen LogP contribution in [0, 0.1) is 0 Å². The first-order chi connectivity index (χ1) is 9.16. The molecule has 1 saturated heterocycles. The second-order valence-corrected chi connectivity index (χ2v) is 5.01. The van der Waals surface area contributed by atoms with Crippen molar-refractivity contribution in [2.75, 3.05) is 11.4 Å². The number of para-hydroxylation sites is 1. The highest BCUT2D eigenvalue weighted by molar-refractivity contribution is 6.01. The predicted octanol–water partition coefficient (Wildman–Crippen LogP) is 0.735. The summed E-state index contributed by atoms with van der Waals surface area (Å²) in [5.74, 6) is -0.145. The van der Waals surface area contributed by atoms with Crippen LogP contribution in [0.25, 0.3) is 0 Å². The van der Waals surface area contributed by atoms with Crippen LogP contribution in [0.2, 0.25) is 0 Å². The van der Waals surface area contributed by atoms with Crippen LogP contribution in [0.5, 0.6) is 0 Å². The number of aliphatic hydroxyl groups is 1. The minimum Gasteiger partial charge on any atom is -0.388 e. The van der Waals surface area contributed by atoms with Gasteiger partial charge in [-0.3, -0.25) is 9.59 Å². The lowest BCUT2D eigenvalue weighted by molar-refractivity contribution is -0.124. The summed E-state index contributed by atoms with van der Waals surface area (Å²) in [7, 11) is 0. The molecule has 5 heteroatoms. The Morgan fingerprint density at radius 3 is 2.84 bits per heavy atom. The second kappa shape index (κ2) is 4.66. The molecule has 0 bridgehead atoms. The molecule has 19 heavy (non-hydrogen) atoms. The predicted molar refractivity (Wildman–Crippen MR) is 69.5 cm³/mol. The zero-order chi connectivity index (χ0) is 13.4. The van der Waals surface area contributed by atoms with E-state index >= 15 is 0 Å². The van der Waals surface area contributed by atoms with Crippen molar-refractivity contribution in [2.45, 2.75) is 31.4 Å². The van der Waals surface area contributed by atoms with E-state index in [0.29, 0.717) is 25.8 Å². The van der Waals surface area contributed by atoms with Crippen molar-refractivity contribution in [1.29, 1.82) is 0 Å². The second-order valence-electron chi connectivity index (χ2n) is 5.01. The maximum atomic E-state index is 12.4. The maximum absolute atomic E-state index is 12.4. The average molecular weight is 260 g/mol. The number of fused-ring (bicyclic) bond motifs is 1. The van der Waals surface area contributed by atoms with Gasteiger partial charge in [-0.1, -0.05) is 18.2 Å². The van der Waals surface area contributed by atoms with Crippen LogP contribution < -0.4 is 10.2 Å². The number of carbonyl (C=O) groups is 2. The number of hydrogen-bond donors (Lipinski definition) is 2. The van der Waals surface area contributed by atoms with Gasteiger partial charge in [0.25, 0.3) is 0 Å². The zero-order valence-corrected chi connectivity index (χ0v) is 10.5. The Hall–Kier alpha value is -1.88. The van der Waals surface area contributed by atoms with Crippen molar-refractivity contribution < 1.29 is 14.7 Å². The van der Waals surface area contributed by atoms with Crippen molar-refractivity contribution in [3.8, 4) is 0 Å². The average Bonchev–Trinajstić information content (AvgIpc) is 2.86. The molecule has 1 aromatic rings. The summed E-state index contributed by atoms with van der Waals surface area (Å²) in [6, 6.07) is 6.97. The molecule has 100 valence electrons. The smallest absolute Gasteiger partial charge is 0.249 e. The Morgan fingerprint density at radius 2 is 2.11 bits per heavy atom. The minimum atomic E-state index is -0.515. The van der Waals surface area contributed by atoms with Crippen molar-refractivity contribution in [3.05, 3.63) is 29.8 Å². The number of rotatable bonds is 1. The SMILES string of the molecule is O=C1CCC(C(=O)N2CCC(O)c3ccccc32)N1. The maximum Gasteiger partial charge on any atom is 0.249 e. The van der Waals surface area contributed by atoms with Crippen LogP contribution >= 0.6 is 0 Å². The summed E-state index contributed by atoms with van der Waals surface area (Å²) in [5, 5.41) is 12.7. The number of amides is 2. The third-order valence-corrected chi connectivity index (χ3v) is 3.77. The Balaban J connectivity index is 1.88. The lowest BCUT2D eigenvalue weighted by Gasteiger charge is -2.33. The highest BCUT2D eigenvalue weighted by Crippen LogP contribution is 2.34. The normalized spacial score (nSPS) is 25.9. The third-order valence-electron chi connectivity index (χ3n) is 3.77. The van der Waals surface area contributed by atoms with Crippen LogP contribution in [0.15, 0.2) is 24.3 Å². The summed E-state index contributed by atoms with van der Waals surface area (Å²) in [5.41, 5.74) is 1.54.